The molecular weight excluding hydrogens is 270 g/mol. The molecule has 0 aromatic heterocycles. The molecule has 120 valence electrons. The van der Waals surface area contributed by atoms with Gasteiger partial charge in [0.2, 0.25) is 5.96 Å². The number of ether oxygens (including phenoxy) is 1. The van der Waals surface area contributed by atoms with Gasteiger partial charge in [0, 0.05) is 19.1 Å². The minimum absolute atomic E-state index is 0.204. The van der Waals surface area contributed by atoms with Gasteiger partial charge in [-0.1, -0.05) is 12.8 Å². The maximum atomic E-state index is 11.6. The van der Waals surface area contributed by atoms with Crippen LogP contribution in [0.4, 0.5) is 4.79 Å². The van der Waals surface area contributed by atoms with E-state index in [0.29, 0.717) is 31.7 Å². The molecule has 0 unspecified atom stereocenters. The highest BCUT2D eigenvalue weighted by Crippen LogP contribution is 2.18. The number of aliphatic imine (C=N–C) groups is 1. The van der Waals surface area contributed by atoms with E-state index in [-0.39, 0.29) is 12.1 Å². The normalized spacial score (nSPS) is 21.4. The van der Waals surface area contributed by atoms with Crippen LogP contribution in [0.5, 0.6) is 0 Å². The van der Waals surface area contributed by atoms with Crippen molar-refractivity contribution in [2.45, 2.75) is 57.5 Å². The summed E-state index contributed by atoms with van der Waals surface area (Å²) in [6, 6.07) is 0.690. The SMILES string of the molecule is CCOC(=O)N1CCC(N=C(NN)NC2CCCC2)CC1. The minimum atomic E-state index is -0.221. The van der Waals surface area contributed by atoms with Gasteiger partial charge in [-0.15, -0.1) is 0 Å². The van der Waals surface area contributed by atoms with Crippen LogP contribution in [0.25, 0.3) is 0 Å². The summed E-state index contributed by atoms with van der Waals surface area (Å²) < 4.78 is 5.01. The number of piperidine rings is 1. The van der Waals surface area contributed by atoms with Gasteiger partial charge >= 0.3 is 6.09 Å². The Hall–Kier alpha value is -1.50. The maximum Gasteiger partial charge on any atom is 0.409 e. The third-order valence-electron chi connectivity index (χ3n) is 4.13. The molecule has 7 nitrogen and oxygen atoms in total. The first-order valence-corrected chi connectivity index (χ1v) is 7.95. The second-order valence-corrected chi connectivity index (χ2v) is 5.66. The van der Waals surface area contributed by atoms with Gasteiger partial charge in [0.15, 0.2) is 0 Å². The highest BCUT2D eigenvalue weighted by Gasteiger charge is 2.24. The molecule has 2 rings (SSSR count). The standard InChI is InChI=1S/C14H27N5O2/c1-2-21-14(20)19-9-7-12(8-10-19)17-13(18-15)16-11-5-3-4-6-11/h11-12H,2-10,15H2,1H3,(H2,16,17,18). The van der Waals surface area contributed by atoms with E-state index in [1.54, 1.807) is 4.90 Å². The maximum absolute atomic E-state index is 11.6. The van der Waals surface area contributed by atoms with Gasteiger partial charge in [0.05, 0.1) is 12.6 Å². The lowest BCUT2D eigenvalue weighted by Crippen LogP contribution is -2.47. The molecule has 1 saturated heterocycles. The molecule has 2 aliphatic rings. The number of nitrogens with two attached hydrogens (primary N) is 1. The van der Waals surface area contributed by atoms with Crippen LogP contribution in [0.1, 0.15) is 45.4 Å². The number of rotatable bonds is 3. The van der Waals surface area contributed by atoms with Crippen molar-refractivity contribution < 1.29 is 9.53 Å². The summed E-state index contributed by atoms with van der Waals surface area (Å²) in [7, 11) is 0. The number of carbonyl (C=O) groups is 1. The summed E-state index contributed by atoms with van der Waals surface area (Å²) in [4.78, 5) is 18.0. The molecule has 1 saturated carbocycles. The molecule has 1 aliphatic heterocycles. The zero-order chi connectivity index (χ0) is 15.1. The molecule has 0 bridgehead atoms. The van der Waals surface area contributed by atoms with Crippen molar-refractivity contribution in [3.63, 3.8) is 0 Å². The molecule has 0 spiro atoms. The number of carbonyl (C=O) groups excluding carboxylic acids is 1. The van der Waals surface area contributed by atoms with Crippen LogP contribution in [0.15, 0.2) is 4.99 Å². The number of hydrazine groups is 1. The molecule has 0 atom stereocenters. The highest BCUT2D eigenvalue weighted by molar-refractivity contribution is 5.79. The Kier molecular flexibility index (Phi) is 6.10. The summed E-state index contributed by atoms with van der Waals surface area (Å²) >= 11 is 0. The molecule has 1 amide bonds. The van der Waals surface area contributed by atoms with Gasteiger partial charge in [-0.25, -0.2) is 15.6 Å². The third kappa shape index (κ3) is 4.77. The van der Waals surface area contributed by atoms with Crippen LogP contribution >= 0.6 is 0 Å². The van der Waals surface area contributed by atoms with Crippen molar-refractivity contribution in [2.24, 2.45) is 10.8 Å². The van der Waals surface area contributed by atoms with Crippen LogP contribution in [-0.4, -0.2) is 48.7 Å². The molecule has 1 heterocycles. The number of guanidine groups is 1. The van der Waals surface area contributed by atoms with Crippen LogP contribution in [-0.2, 0) is 4.74 Å². The summed E-state index contributed by atoms with van der Waals surface area (Å²) in [5, 5.41) is 3.38. The summed E-state index contributed by atoms with van der Waals surface area (Å²) in [6.07, 6.45) is 6.37. The second kappa shape index (κ2) is 8.07. The molecular formula is C14H27N5O2. The first-order valence-electron chi connectivity index (χ1n) is 7.95. The van der Waals surface area contributed by atoms with Gasteiger partial charge in [0.1, 0.15) is 0 Å². The lowest BCUT2D eigenvalue weighted by molar-refractivity contribution is 0.0975. The van der Waals surface area contributed by atoms with E-state index in [9.17, 15) is 4.79 Å². The molecule has 7 heteroatoms. The molecule has 4 N–H and O–H groups in total. The molecule has 21 heavy (non-hydrogen) atoms. The Bertz CT molecular complexity index is 360. The zero-order valence-electron chi connectivity index (χ0n) is 12.8. The number of likely N-dealkylation sites (tertiary alicyclic amines) is 1. The van der Waals surface area contributed by atoms with E-state index in [2.05, 4.69) is 15.7 Å². The summed E-state index contributed by atoms with van der Waals surface area (Å²) in [6.45, 7) is 3.62. The van der Waals surface area contributed by atoms with Gasteiger partial charge in [-0.05, 0) is 32.6 Å². The van der Waals surface area contributed by atoms with Crippen LogP contribution in [0.3, 0.4) is 0 Å². The first kappa shape index (κ1) is 15.9. The topological polar surface area (TPSA) is 92.0 Å². The van der Waals surface area contributed by atoms with E-state index < -0.39 is 0 Å². The van der Waals surface area contributed by atoms with Crippen LogP contribution in [0.2, 0.25) is 0 Å². The van der Waals surface area contributed by atoms with Gasteiger partial charge < -0.3 is 15.0 Å². The highest BCUT2D eigenvalue weighted by atomic mass is 16.6. The number of nitrogens with one attached hydrogen (secondary N) is 2. The Morgan fingerprint density at radius 1 is 1.29 bits per heavy atom. The van der Waals surface area contributed by atoms with Crippen LogP contribution in [0, 0.1) is 0 Å². The zero-order valence-corrected chi connectivity index (χ0v) is 12.8. The molecule has 0 aromatic carbocycles. The quantitative estimate of drug-likeness (QED) is 0.312. The predicted molar refractivity (Wildman–Crippen MR) is 81.8 cm³/mol. The van der Waals surface area contributed by atoms with Gasteiger partial charge in [-0.2, -0.15) is 0 Å². The molecule has 1 aliphatic carbocycles. The average molecular weight is 297 g/mol. The van der Waals surface area contributed by atoms with E-state index in [4.69, 9.17) is 10.6 Å². The third-order valence-corrected chi connectivity index (χ3v) is 4.13. The number of hydrogen-bond donors (Lipinski definition) is 3. The Labute approximate surface area is 126 Å². The van der Waals surface area contributed by atoms with E-state index in [1.165, 1.54) is 25.7 Å². The molecule has 2 fully saturated rings. The van der Waals surface area contributed by atoms with Crippen LogP contribution < -0.4 is 16.6 Å². The van der Waals surface area contributed by atoms with Crippen molar-refractivity contribution in [1.29, 1.82) is 0 Å². The Balaban J connectivity index is 1.79. The lowest BCUT2D eigenvalue weighted by Gasteiger charge is -2.30. The fourth-order valence-electron chi connectivity index (χ4n) is 2.95. The Morgan fingerprint density at radius 3 is 2.52 bits per heavy atom. The largest absolute Gasteiger partial charge is 0.450 e. The lowest BCUT2D eigenvalue weighted by atomic mass is 10.1. The van der Waals surface area contributed by atoms with Crippen molar-refractivity contribution in [3.05, 3.63) is 0 Å². The smallest absolute Gasteiger partial charge is 0.409 e. The van der Waals surface area contributed by atoms with Gasteiger partial charge in [0.25, 0.3) is 0 Å². The van der Waals surface area contributed by atoms with Crippen molar-refractivity contribution in [2.75, 3.05) is 19.7 Å². The van der Waals surface area contributed by atoms with Crippen molar-refractivity contribution in [3.8, 4) is 0 Å². The number of hydrogen-bond acceptors (Lipinski definition) is 4. The Morgan fingerprint density at radius 2 is 1.95 bits per heavy atom. The van der Waals surface area contributed by atoms with E-state index >= 15 is 0 Å². The average Bonchev–Trinajstić information content (AvgIpc) is 3.00. The summed E-state index contributed by atoms with van der Waals surface area (Å²) in [5.74, 6) is 6.23. The van der Waals surface area contributed by atoms with Gasteiger partial charge in [-0.3, -0.25) is 5.43 Å². The second-order valence-electron chi connectivity index (χ2n) is 5.66. The van der Waals surface area contributed by atoms with E-state index in [1.807, 2.05) is 6.92 Å². The van der Waals surface area contributed by atoms with Crippen molar-refractivity contribution in [1.82, 2.24) is 15.6 Å². The van der Waals surface area contributed by atoms with Crippen molar-refractivity contribution >= 4 is 12.1 Å². The van der Waals surface area contributed by atoms with E-state index in [0.717, 1.165) is 12.8 Å². The minimum Gasteiger partial charge on any atom is -0.450 e. The molecule has 0 aromatic rings. The fraction of sp³-hybridized carbons (Fsp3) is 0.857. The fourth-order valence-corrected chi connectivity index (χ4v) is 2.95. The molecule has 0 radical (unpaired) electrons. The first-order chi connectivity index (χ1) is 10.2. The number of nitrogens with zero attached hydrogens (tertiary/aromatic N) is 2. The summed E-state index contributed by atoms with van der Waals surface area (Å²) in [5.41, 5.74) is 2.66. The predicted octanol–water partition coefficient (Wildman–Crippen LogP) is 0.959. The monoisotopic (exact) mass is 297 g/mol. The number of amides is 1.